The summed E-state index contributed by atoms with van der Waals surface area (Å²) in [5, 5.41) is 9.42. The highest BCUT2D eigenvalue weighted by atomic mass is 32.2. The first-order chi connectivity index (χ1) is 12.3. The molecule has 0 aromatic carbocycles. The molecule has 8 nitrogen and oxygen atoms in total. The minimum atomic E-state index is -0.926. The number of hydrogen-bond acceptors (Lipinski definition) is 6. The van der Waals surface area contributed by atoms with E-state index in [1.807, 2.05) is 6.92 Å². The molecule has 1 saturated carbocycles. The molecule has 1 aliphatic rings. The molecular formula is C17H22N4O4S. The molecule has 0 spiro atoms. The lowest BCUT2D eigenvalue weighted by Crippen LogP contribution is -2.38. The van der Waals surface area contributed by atoms with Crippen LogP contribution in [0, 0.1) is 0 Å². The molecule has 26 heavy (non-hydrogen) atoms. The van der Waals surface area contributed by atoms with Gasteiger partial charge in [-0.2, -0.15) is 0 Å². The van der Waals surface area contributed by atoms with Crippen LogP contribution < -0.4 is 11.2 Å². The molecule has 0 unspecified atom stereocenters. The summed E-state index contributed by atoms with van der Waals surface area (Å²) in [6.07, 6.45) is 4.09. The zero-order chi connectivity index (χ0) is 19.0. The van der Waals surface area contributed by atoms with E-state index in [2.05, 4.69) is 9.97 Å². The third-order valence-corrected chi connectivity index (χ3v) is 5.82. The number of thioether (sulfide) groups is 1. The normalized spacial score (nSPS) is 15.3. The molecular weight excluding hydrogens is 356 g/mol. The zero-order valence-corrected chi connectivity index (χ0v) is 15.9. The monoisotopic (exact) mass is 378 g/mol. The van der Waals surface area contributed by atoms with Gasteiger partial charge >= 0.3 is 11.7 Å². The largest absolute Gasteiger partial charge is 0.480 e. The second-order valence-corrected chi connectivity index (χ2v) is 7.84. The number of carbonyl (C=O) groups is 1. The van der Waals surface area contributed by atoms with Gasteiger partial charge in [-0.15, -0.1) is 0 Å². The van der Waals surface area contributed by atoms with Gasteiger partial charge in [-0.1, -0.05) is 31.5 Å². The summed E-state index contributed by atoms with van der Waals surface area (Å²) in [6, 6.07) is 0. The Hall–Kier alpha value is -2.16. The molecule has 2 heterocycles. The maximum absolute atomic E-state index is 12.7. The van der Waals surface area contributed by atoms with E-state index in [9.17, 15) is 19.5 Å². The quantitative estimate of drug-likeness (QED) is 0.576. The number of aromatic nitrogens is 4. The van der Waals surface area contributed by atoms with Crippen molar-refractivity contribution in [1.29, 1.82) is 0 Å². The molecule has 1 fully saturated rings. The average molecular weight is 378 g/mol. The third-order valence-electron chi connectivity index (χ3n) is 4.58. The topological polar surface area (TPSA) is 107 Å². The summed E-state index contributed by atoms with van der Waals surface area (Å²) >= 11 is 1.08. The summed E-state index contributed by atoms with van der Waals surface area (Å²) < 4.78 is 2.34. The highest BCUT2D eigenvalue weighted by Gasteiger charge is 2.30. The highest BCUT2D eigenvalue weighted by Crippen LogP contribution is 2.40. The Balaban J connectivity index is 2.20. The van der Waals surface area contributed by atoms with Crippen LogP contribution in [0.2, 0.25) is 0 Å². The maximum atomic E-state index is 12.7. The van der Waals surface area contributed by atoms with E-state index in [1.54, 1.807) is 7.05 Å². The Morgan fingerprint density at radius 3 is 2.54 bits per heavy atom. The number of fused-ring (bicyclic) bond motifs is 1. The van der Waals surface area contributed by atoms with Gasteiger partial charge in [0.15, 0.2) is 5.65 Å². The molecule has 140 valence electrons. The molecule has 1 aliphatic carbocycles. The predicted molar refractivity (Wildman–Crippen MR) is 98.8 cm³/mol. The van der Waals surface area contributed by atoms with Crippen LogP contribution in [0.4, 0.5) is 0 Å². The average Bonchev–Trinajstić information content (AvgIpc) is 3.45. The Kier molecular flexibility index (Phi) is 5.17. The van der Waals surface area contributed by atoms with Crippen LogP contribution in [0.5, 0.6) is 0 Å². The summed E-state index contributed by atoms with van der Waals surface area (Å²) in [6.45, 7) is 2.00. The van der Waals surface area contributed by atoms with Gasteiger partial charge in [0.05, 0.1) is 0 Å². The van der Waals surface area contributed by atoms with E-state index in [4.69, 9.17) is 0 Å². The van der Waals surface area contributed by atoms with Gasteiger partial charge < -0.3 is 5.11 Å². The fourth-order valence-electron chi connectivity index (χ4n) is 2.81. The molecule has 0 aliphatic heterocycles. The number of carboxylic acids is 1. The number of carboxylic acid groups (broad SMARTS) is 1. The fourth-order valence-corrected chi connectivity index (χ4v) is 3.91. The Morgan fingerprint density at radius 2 is 1.96 bits per heavy atom. The summed E-state index contributed by atoms with van der Waals surface area (Å²) in [5.74, 6) is -0.121. The molecule has 1 atom stereocenters. The Labute approximate surface area is 154 Å². The van der Waals surface area contributed by atoms with Crippen LogP contribution in [0.15, 0.2) is 14.6 Å². The third kappa shape index (κ3) is 3.40. The van der Waals surface area contributed by atoms with Gasteiger partial charge in [0.2, 0.25) is 0 Å². The van der Waals surface area contributed by atoms with Crippen LogP contribution in [-0.4, -0.2) is 35.4 Å². The number of aryl methyl sites for hydroxylation is 1. The zero-order valence-electron chi connectivity index (χ0n) is 15.1. The van der Waals surface area contributed by atoms with E-state index >= 15 is 0 Å². The minimum Gasteiger partial charge on any atom is -0.480 e. The standard InChI is InChI=1S/C17H22N4O4S/c1-4-5-6-10(16(23)24)26-14-11-13(18-12(19-14)9-7-8-9)20(2)17(25)21(3)15(11)22/h9-10H,4-8H2,1-3H3,(H,23,24)/t10-/m0/s1. The number of nitrogens with zero attached hydrogens (tertiary/aromatic N) is 4. The van der Waals surface area contributed by atoms with Crippen LogP contribution >= 0.6 is 11.8 Å². The second kappa shape index (κ2) is 7.22. The van der Waals surface area contributed by atoms with Gasteiger partial charge in [0, 0.05) is 20.0 Å². The van der Waals surface area contributed by atoms with Gasteiger partial charge in [-0.25, -0.2) is 14.8 Å². The first-order valence-electron chi connectivity index (χ1n) is 8.72. The molecule has 0 bridgehead atoms. The van der Waals surface area contributed by atoms with Crippen molar-refractivity contribution in [2.24, 2.45) is 14.1 Å². The smallest absolute Gasteiger partial charge is 0.332 e. The van der Waals surface area contributed by atoms with Gasteiger partial charge in [0.1, 0.15) is 21.5 Å². The van der Waals surface area contributed by atoms with E-state index in [0.717, 1.165) is 42.0 Å². The summed E-state index contributed by atoms with van der Waals surface area (Å²) in [4.78, 5) is 45.6. The van der Waals surface area contributed by atoms with Crippen LogP contribution in [0.25, 0.3) is 11.0 Å². The van der Waals surface area contributed by atoms with Crippen LogP contribution in [-0.2, 0) is 18.9 Å². The molecule has 2 aromatic rings. The predicted octanol–water partition coefficient (Wildman–Crippen LogP) is 1.64. The van der Waals surface area contributed by atoms with E-state index in [-0.39, 0.29) is 17.0 Å². The molecule has 9 heteroatoms. The highest BCUT2D eigenvalue weighted by molar-refractivity contribution is 8.00. The first kappa shape index (κ1) is 18.6. The van der Waals surface area contributed by atoms with Crippen molar-refractivity contribution in [1.82, 2.24) is 19.1 Å². The van der Waals surface area contributed by atoms with Crippen molar-refractivity contribution >= 4 is 28.8 Å². The lowest BCUT2D eigenvalue weighted by Gasteiger charge is -2.15. The van der Waals surface area contributed by atoms with Crippen molar-refractivity contribution in [2.45, 2.75) is 55.2 Å². The number of rotatable bonds is 7. The van der Waals surface area contributed by atoms with Gasteiger partial charge in [-0.05, 0) is 19.3 Å². The number of hydrogen-bond donors (Lipinski definition) is 1. The minimum absolute atomic E-state index is 0.215. The summed E-state index contributed by atoms with van der Waals surface area (Å²) in [5.41, 5.74) is -0.677. The fraction of sp³-hybridized carbons (Fsp3) is 0.588. The number of aliphatic carboxylic acids is 1. The van der Waals surface area contributed by atoms with Crippen LogP contribution in [0.1, 0.15) is 50.8 Å². The Bertz CT molecular complexity index is 977. The molecule has 0 amide bonds. The van der Waals surface area contributed by atoms with E-state index < -0.39 is 22.5 Å². The van der Waals surface area contributed by atoms with Crippen molar-refractivity contribution in [3.63, 3.8) is 0 Å². The molecule has 0 saturated heterocycles. The molecule has 0 radical (unpaired) electrons. The summed E-state index contributed by atoms with van der Waals surface area (Å²) in [7, 11) is 2.97. The van der Waals surface area contributed by atoms with Crippen molar-refractivity contribution in [3.8, 4) is 0 Å². The molecule has 3 rings (SSSR count). The number of unbranched alkanes of at least 4 members (excludes halogenated alkanes) is 1. The van der Waals surface area contributed by atoms with Gasteiger partial charge in [0.25, 0.3) is 5.56 Å². The van der Waals surface area contributed by atoms with E-state index in [0.29, 0.717) is 17.3 Å². The SMILES string of the molecule is CCCC[C@H](Sc1nc(C2CC2)nc2c1c(=O)n(C)c(=O)n2C)C(=O)O. The molecule has 2 aromatic heterocycles. The van der Waals surface area contributed by atoms with Crippen LogP contribution in [0.3, 0.4) is 0 Å². The Morgan fingerprint density at radius 1 is 1.27 bits per heavy atom. The van der Waals surface area contributed by atoms with Gasteiger partial charge in [-0.3, -0.25) is 18.7 Å². The second-order valence-electron chi connectivity index (χ2n) is 6.65. The first-order valence-corrected chi connectivity index (χ1v) is 9.60. The van der Waals surface area contributed by atoms with E-state index in [1.165, 1.54) is 11.6 Å². The van der Waals surface area contributed by atoms with Crippen molar-refractivity contribution in [2.75, 3.05) is 0 Å². The molecule has 1 N–H and O–H groups in total. The lowest BCUT2D eigenvalue weighted by molar-refractivity contribution is -0.136. The van der Waals surface area contributed by atoms with Crippen molar-refractivity contribution < 1.29 is 9.90 Å². The maximum Gasteiger partial charge on any atom is 0.332 e. The lowest BCUT2D eigenvalue weighted by atomic mass is 10.2. The van der Waals surface area contributed by atoms with Crippen molar-refractivity contribution in [3.05, 3.63) is 26.7 Å².